The van der Waals surface area contributed by atoms with E-state index in [1.807, 2.05) is 6.92 Å². The lowest BCUT2D eigenvalue weighted by Crippen LogP contribution is -2.14. The monoisotopic (exact) mass is 140 g/mol. The number of nitrogens with two attached hydrogens (primary N) is 1. The molecule has 0 aliphatic rings. The number of hydrogen-bond donors (Lipinski definition) is 1. The molecule has 10 heavy (non-hydrogen) atoms. The van der Waals surface area contributed by atoms with E-state index in [0.717, 1.165) is 0 Å². The molecule has 0 atom stereocenters. The molecule has 1 amide bonds. The molecule has 2 N–H and O–H groups in total. The van der Waals surface area contributed by atoms with E-state index >= 15 is 0 Å². The van der Waals surface area contributed by atoms with Gasteiger partial charge in [-0.1, -0.05) is 6.08 Å². The summed E-state index contributed by atoms with van der Waals surface area (Å²) in [6.45, 7) is 4.32. The molecule has 0 saturated heterocycles. The summed E-state index contributed by atoms with van der Waals surface area (Å²) in [6, 6.07) is 0. The molecule has 0 fully saturated rings. The van der Waals surface area contributed by atoms with Crippen LogP contribution in [0, 0.1) is 0 Å². The number of primary amides is 1. The fourth-order valence-electron chi connectivity index (χ4n) is 0.470. The van der Waals surface area contributed by atoms with Gasteiger partial charge in [-0.15, -0.1) is 0 Å². The molecule has 56 valence electrons. The van der Waals surface area contributed by atoms with Crippen LogP contribution in [0.25, 0.3) is 0 Å². The van der Waals surface area contributed by atoms with Crippen LogP contribution in [0.1, 0.15) is 13.8 Å². The Labute approximate surface area is 60.6 Å². The van der Waals surface area contributed by atoms with E-state index in [1.54, 1.807) is 13.0 Å². The van der Waals surface area contributed by atoms with Gasteiger partial charge in [-0.3, -0.25) is 9.79 Å². The lowest BCUT2D eigenvalue weighted by molar-refractivity contribution is -0.114. The standard InChI is InChI=1S/C7H12N2O/c1-3-6(7(8)10)5-9-4-2/h3,5H,4H2,1-2H3,(H2,8,10)/b6-3+,9-5?. The van der Waals surface area contributed by atoms with Gasteiger partial charge in [-0.25, -0.2) is 0 Å². The molecule has 3 heteroatoms. The van der Waals surface area contributed by atoms with Crippen LogP contribution in [0.15, 0.2) is 16.6 Å². The van der Waals surface area contributed by atoms with Crippen molar-refractivity contribution < 1.29 is 4.79 Å². The van der Waals surface area contributed by atoms with Gasteiger partial charge in [-0.2, -0.15) is 0 Å². The molecule has 0 aromatic heterocycles. The summed E-state index contributed by atoms with van der Waals surface area (Å²) in [5, 5.41) is 0. The Morgan fingerprint density at radius 3 is 2.60 bits per heavy atom. The van der Waals surface area contributed by atoms with Crippen LogP contribution in [-0.2, 0) is 4.79 Å². The van der Waals surface area contributed by atoms with Crippen LogP contribution in [0.4, 0.5) is 0 Å². The summed E-state index contributed by atoms with van der Waals surface area (Å²) >= 11 is 0. The van der Waals surface area contributed by atoms with Gasteiger partial charge in [0.25, 0.3) is 0 Å². The van der Waals surface area contributed by atoms with Crippen molar-refractivity contribution in [3.05, 3.63) is 11.6 Å². The first-order chi connectivity index (χ1) is 4.72. The van der Waals surface area contributed by atoms with E-state index in [1.165, 1.54) is 6.21 Å². The molecule has 0 unspecified atom stereocenters. The number of hydrogen-bond acceptors (Lipinski definition) is 2. The molecule has 3 nitrogen and oxygen atoms in total. The highest BCUT2D eigenvalue weighted by Crippen LogP contribution is 1.86. The highest BCUT2D eigenvalue weighted by Gasteiger charge is 1.96. The maximum absolute atomic E-state index is 10.5. The van der Waals surface area contributed by atoms with Gasteiger partial charge in [-0.05, 0) is 13.8 Å². The number of aliphatic imine (C=N–C) groups is 1. The van der Waals surface area contributed by atoms with Crippen molar-refractivity contribution in [1.29, 1.82) is 0 Å². The molecule has 0 aliphatic heterocycles. The third kappa shape index (κ3) is 3.02. The van der Waals surface area contributed by atoms with Crippen molar-refractivity contribution in [1.82, 2.24) is 0 Å². The van der Waals surface area contributed by atoms with Gasteiger partial charge in [0.05, 0.1) is 5.57 Å². The molecule has 0 bridgehead atoms. The van der Waals surface area contributed by atoms with Crippen LogP contribution in [0.2, 0.25) is 0 Å². The third-order valence-corrected chi connectivity index (χ3v) is 1.01. The lowest BCUT2D eigenvalue weighted by Gasteiger charge is -1.90. The van der Waals surface area contributed by atoms with Crippen molar-refractivity contribution in [2.45, 2.75) is 13.8 Å². The second-order valence-corrected chi connectivity index (χ2v) is 1.74. The summed E-state index contributed by atoms with van der Waals surface area (Å²) in [5.74, 6) is -0.431. The van der Waals surface area contributed by atoms with Crippen molar-refractivity contribution in [3.63, 3.8) is 0 Å². The average Bonchev–Trinajstić information content (AvgIpc) is 1.89. The van der Waals surface area contributed by atoms with E-state index < -0.39 is 5.91 Å². The fourth-order valence-corrected chi connectivity index (χ4v) is 0.470. The molecule has 0 aromatic carbocycles. The van der Waals surface area contributed by atoms with Crippen LogP contribution in [0.5, 0.6) is 0 Å². The average molecular weight is 140 g/mol. The van der Waals surface area contributed by atoms with E-state index in [-0.39, 0.29) is 0 Å². The molecule has 0 saturated carbocycles. The summed E-state index contributed by atoms with van der Waals surface area (Å²) in [5.41, 5.74) is 5.45. The zero-order chi connectivity index (χ0) is 7.98. The topological polar surface area (TPSA) is 55.4 Å². The molecule has 0 radical (unpaired) electrons. The molecule has 0 heterocycles. The van der Waals surface area contributed by atoms with Crippen molar-refractivity contribution >= 4 is 12.1 Å². The quantitative estimate of drug-likeness (QED) is 0.450. The second kappa shape index (κ2) is 4.73. The Morgan fingerprint density at radius 2 is 2.30 bits per heavy atom. The van der Waals surface area contributed by atoms with Crippen molar-refractivity contribution in [3.8, 4) is 0 Å². The summed E-state index contributed by atoms with van der Waals surface area (Å²) in [7, 11) is 0. The van der Waals surface area contributed by atoms with Gasteiger partial charge < -0.3 is 5.73 Å². The Hall–Kier alpha value is -1.12. The first kappa shape index (κ1) is 8.88. The zero-order valence-electron chi connectivity index (χ0n) is 6.29. The van der Waals surface area contributed by atoms with Crippen LogP contribution >= 0.6 is 0 Å². The van der Waals surface area contributed by atoms with Crippen LogP contribution in [0.3, 0.4) is 0 Å². The van der Waals surface area contributed by atoms with E-state index in [0.29, 0.717) is 12.1 Å². The second-order valence-electron chi connectivity index (χ2n) is 1.74. The summed E-state index contributed by atoms with van der Waals surface area (Å²) < 4.78 is 0. The third-order valence-electron chi connectivity index (χ3n) is 1.01. The van der Waals surface area contributed by atoms with Gasteiger partial charge >= 0.3 is 0 Å². The molecular weight excluding hydrogens is 128 g/mol. The zero-order valence-corrected chi connectivity index (χ0v) is 6.29. The van der Waals surface area contributed by atoms with Gasteiger partial charge in [0.1, 0.15) is 0 Å². The normalized spacial score (nSPS) is 12.4. The smallest absolute Gasteiger partial charge is 0.249 e. The van der Waals surface area contributed by atoms with Gasteiger partial charge in [0.15, 0.2) is 0 Å². The Bertz CT molecular complexity index is 170. The summed E-state index contributed by atoms with van der Waals surface area (Å²) in [4.78, 5) is 14.4. The maximum atomic E-state index is 10.5. The summed E-state index contributed by atoms with van der Waals surface area (Å²) in [6.07, 6.45) is 3.13. The maximum Gasteiger partial charge on any atom is 0.249 e. The number of nitrogens with zero attached hydrogens (tertiary/aromatic N) is 1. The molecule has 0 rings (SSSR count). The number of carbonyl (C=O) groups excluding carboxylic acids is 1. The van der Waals surface area contributed by atoms with Crippen molar-refractivity contribution in [2.75, 3.05) is 6.54 Å². The fraction of sp³-hybridized carbons (Fsp3) is 0.429. The Balaban J connectivity index is 4.12. The van der Waals surface area contributed by atoms with Crippen LogP contribution < -0.4 is 5.73 Å². The van der Waals surface area contributed by atoms with E-state index in [4.69, 9.17) is 5.73 Å². The van der Waals surface area contributed by atoms with Gasteiger partial charge in [0.2, 0.25) is 5.91 Å². The largest absolute Gasteiger partial charge is 0.366 e. The van der Waals surface area contributed by atoms with Crippen molar-refractivity contribution in [2.24, 2.45) is 10.7 Å². The van der Waals surface area contributed by atoms with E-state index in [2.05, 4.69) is 4.99 Å². The minimum absolute atomic E-state index is 0.431. The number of carbonyl (C=O) groups is 1. The SMILES string of the molecule is C/C=C(\C=NCC)C(N)=O. The lowest BCUT2D eigenvalue weighted by atomic mass is 10.3. The Morgan fingerprint density at radius 1 is 1.70 bits per heavy atom. The van der Waals surface area contributed by atoms with Crippen LogP contribution in [-0.4, -0.2) is 18.7 Å². The highest BCUT2D eigenvalue weighted by atomic mass is 16.1. The number of rotatable bonds is 3. The van der Waals surface area contributed by atoms with E-state index in [9.17, 15) is 4.79 Å². The highest BCUT2D eigenvalue weighted by molar-refractivity contribution is 6.11. The number of amides is 1. The minimum Gasteiger partial charge on any atom is -0.366 e. The molecular formula is C7H12N2O. The predicted molar refractivity (Wildman–Crippen MR) is 42.0 cm³/mol. The first-order valence-corrected chi connectivity index (χ1v) is 3.18. The number of allylic oxidation sites excluding steroid dienone is 1. The molecule has 0 spiro atoms. The predicted octanol–water partition coefficient (Wildman–Crippen LogP) is 0.509. The molecule has 0 aromatic rings. The minimum atomic E-state index is -0.431. The van der Waals surface area contributed by atoms with Gasteiger partial charge in [0, 0.05) is 12.8 Å². The Kier molecular flexibility index (Phi) is 4.20. The molecule has 0 aliphatic carbocycles. The first-order valence-electron chi connectivity index (χ1n) is 3.18.